The molecule has 1 fully saturated rings. The highest BCUT2D eigenvalue weighted by atomic mass is 19.1. The van der Waals surface area contributed by atoms with E-state index in [4.69, 9.17) is 4.52 Å². The molecule has 8 nitrogen and oxygen atoms in total. The summed E-state index contributed by atoms with van der Waals surface area (Å²) < 4.78 is 18.1. The van der Waals surface area contributed by atoms with Gasteiger partial charge >= 0.3 is 0 Å². The molecule has 0 radical (unpaired) electrons. The van der Waals surface area contributed by atoms with Gasteiger partial charge in [-0.25, -0.2) is 4.39 Å². The van der Waals surface area contributed by atoms with Crippen LogP contribution in [-0.4, -0.2) is 35.5 Å². The highest BCUT2D eigenvalue weighted by Crippen LogP contribution is 2.19. The summed E-state index contributed by atoms with van der Waals surface area (Å²) in [7, 11) is 0. The van der Waals surface area contributed by atoms with E-state index in [-0.39, 0.29) is 24.3 Å². The smallest absolute Gasteiger partial charge is 0.251 e. The highest BCUT2D eigenvalue weighted by Gasteiger charge is 2.21. The van der Waals surface area contributed by atoms with Crippen LogP contribution in [0.3, 0.4) is 0 Å². The van der Waals surface area contributed by atoms with E-state index < -0.39 is 17.6 Å². The number of amides is 3. The molecule has 0 aliphatic heterocycles. The number of carbonyl (C=O) groups is 3. The molecular weight excluding hydrogens is 391 g/mol. The van der Waals surface area contributed by atoms with Gasteiger partial charge in [-0.15, -0.1) is 0 Å². The van der Waals surface area contributed by atoms with Crippen LogP contribution in [0.5, 0.6) is 0 Å². The number of aromatic nitrogens is 1. The van der Waals surface area contributed by atoms with Crippen molar-refractivity contribution in [1.29, 1.82) is 0 Å². The zero-order chi connectivity index (χ0) is 21.5. The fourth-order valence-corrected chi connectivity index (χ4v) is 3.23. The molecule has 158 valence electrons. The Morgan fingerprint density at radius 1 is 1.20 bits per heavy atom. The summed E-state index contributed by atoms with van der Waals surface area (Å²) in [4.78, 5) is 38.3. The van der Waals surface area contributed by atoms with Crippen molar-refractivity contribution >= 4 is 29.2 Å². The molecule has 0 atom stereocenters. The van der Waals surface area contributed by atoms with Gasteiger partial charge in [0.05, 0.1) is 0 Å². The Balaban J connectivity index is 1.67. The van der Waals surface area contributed by atoms with Crippen LogP contribution in [0.2, 0.25) is 0 Å². The topological polar surface area (TPSA) is 105 Å². The molecule has 1 aliphatic carbocycles. The van der Waals surface area contributed by atoms with Gasteiger partial charge in [0.2, 0.25) is 11.8 Å². The molecular formula is C21H23FN4O4. The lowest BCUT2D eigenvalue weighted by Crippen LogP contribution is -2.43. The first-order valence-electron chi connectivity index (χ1n) is 9.69. The molecule has 1 aliphatic rings. The van der Waals surface area contributed by atoms with Crippen molar-refractivity contribution in [3.63, 3.8) is 0 Å². The van der Waals surface area contributed by atoms with E-state index in [0.717, 1.165) is 37.8 Å². The zero-order valence-electron chi connectivity index (χ0n) is 16.6. The molecule has 1 heterocycles. The molecule has 2 aromatic rings. The Labute approximate surface area is 173 Å². The number of halogens is 1. The quantitative estimate of drug-likeness (QED) is 0.678. The van der Waals surface area contributed by atoms with E-state index >= 15 is 0 Å². The molecule has 3 rings (SSSR count). The molecule has 9 heteroatoms. The first-order chi connectivity index (χ1) is 14.4. The van der Waals surface area contributed by atoms with Crippen molar-refractivity contribution in [1.82, 2.24) is 10.5 Å². The number of nitrogens with zero attached hydrogens (tertiary/aromatic N) is 2. The van der Waals surface area contributed by atoms with E-state index in [0.29, 0.717) is 11.4 Å². The number of benzene rings is 1. The van der Waals surface area contributed by atoms with E-state index in [1.165, 1.54) is 35.2 Å². The van der Waals surface area contributed by atoms with E-state index in [1.54, 1.807) is 6.92 Å². The van der Waals surface area contributed by atoms with Crippen molar-refractivity contribution in [2.45, 2.75) is 38.6 Å². The SMILES string of the molecule is Cc1cc(NC(=O)C=CC(=O)N(CC(=O)NC2CCCC2)c2ccc(F)cc2)no1. The fourth-order valence-electron chi connectivity index (χ4n) is 3.23. The molecule has 0 unspecified atom stereocenters. The van der Waals surface area contributed by atoms with Gasteiger partial charge in [0, 0.05) is 29.9 Å². The third-order valence-corrected chi connectivity index (χ3v) is 4.68. The van der Waals surface area contributed by atoms with Crippen LogP contribution in [-0.2, 0) is 14.4 Å². The van der Waals surface area contributed by atoms with Crippen LogP contribution in [0.1, 0.15) is 31.4 Å². The molecule has 3 amide bonds. The van der Waals surface area contributed by atoms with Crippen molar-refractivity contribution in [3.8, 4) is 0 Å². The van der Waals surface area contributed by atoms with E-state index in [1.807, 2.05) is 0 Å². The predicted octanol–water partition coefficient (Wildman–Crippen LogP) is 2.71. The second kappa shape index (κ2) is 9.82. The maximum Gasteiger partial charge on any atom is 0.251 e. The minimum Gasteiger partial charge on any atom is -0.360 e. The van der Waals surface area contributed by atoms with Gasteiger partial charge in [-0.05, 0) is 44.0 Å². The van der Waals surface area contributed by atoms with Gasteiger partial charge in [0.1, 0.15) is 18.1 Å². The average molecular weight is 414 g/mol. The lowest BCUT2D eigenvalue weighted by molar-refractivity contribution is -0.122. The molecule has 0 bridgehead atoms. The Kier molecular flexibility index (Phi) is 6.95. The molecule has 1 aromatic carbocycles. The monoisotopic (exact) mass is 414 g/mol. The Morgan fingerprint density at radius 3 is 2.53 bits per heavy atom. The summed E-state index contributed by atoms with van der Waals surface area (Å²) in [6.45, 7) is 1.44. The first-order valence-corrected chi connectivity index (χ1v) is 9.69. The van der Waals surface area contributed by atoms with Crippen LogP contribution in [0, 0.1) is 12.7 Å². The van der Waals surface area contributed by atoms with Crippen molar-refractivity contribution < 1.29 is 23.3 Å². The maximum atomic E-state index is 13.3. The fraction of sp³-hybridized carbons (Fsp3) is 0.333. The maximum absolute atomic E-state index is 13.3. The van der Waals surface area contributed by atoms with Gasteiger partial charge < -0.3 is 15.2 Å². The van der Waals surface area contributed by atoms with Gasteiger partial charge in [0.25, 0.3) is 5.91 Å². The van der Waals surface area contributed by atoms with Crippen molar-refractivity contribution in [3.05, 3.63) is 54.1 Å². The molecule has 1 saturated carbocycles. The Bertz CT molecular complexity index is 933. The van der Waals surface area contributed by atoms with Gasteiger partial charge in [0.15, 0.2) is 5.82 Å². The summed E-state index contributed by atoms with van der Waals surface area (Å²) in [5, 5.41) is 9.02. The molecule has 0 spiro atoms. The van der Waals surface area contributed by atoms with E-state index in [2.05, 4.69) is 15.8 Å². The summed E-state index contributed by atoms with van der Waals surface area (Å²) in [6, 6.07) is 6.85. The first kappa shape index (κ1) is 21.2. The number of rotatable bonds is 7. The average Bonchev–Trinajstić information content (AvgIpc) is 3.36. The molecule has 2 N–H and O–H groups in total. The van der Waals surface area contributed by atoms with Crippen LogP contribution in [0.15, 0.2) is 47.0 Å². The van der Waals surface area contributed by atoms with Crippen LogP contribution in [0.4, 0.5) is 15.9 Å². The summed E-state index contributed by atoms with van der Waals surface area (Å²) in [5.41, 5.74) is 0.347. The second-order valence-electron chi connectivity index (χ2n) is 7.10. The zero-order valence-corrected chi connectivity index (χ0v) is 16.6. The van der Waals surface area contributed by atoms with Gasteiger partial charge in [-0.2, -0.15) is 0 Å². The third-order valence-electron chi connectivity index (χ3n) is 4.68. The second-order valence-corrected chi connectivity index (χ2v) is 7.10. The normalized spacial score (nSPS) is 14.1. The Hall–Kier alpha value is -3.49. The van der Waals surface area contributed by atoms with Gasteiger partial charge in [-0.1, -0.05) is 18.0 Å². The lowest BCUT2D eigenvalue weighted by Gasteiger charge is -2.22. The number of anilines is 2. The lowest BCUT2D eigenvalue weighted by atomic mass is 10.2. The highest BCUT2D eigenvalue weighted by molar-refractivity contribution is 6.09. The van der Waals surface area contributed by atoms with E-state index in [9.17, 15) is 18.8 Å². The summed E-state index contributed by atoms with van der Waals surface area (Å²) in [5.74, 6) is -1.18. The molecule has 30 heavy (non-hydrogen) atoms. The standard InChI is InChI=1S/C21H23FN4O4/c1-14-12-18(25-30-14)24-19(27)10-11-21(29)26(17-8-6-15(22)7-9-17)13-20(28)23-16-4-2-3-5-16/h6-12,16H,2-5,13H2,1H3,(H,23,28)(H,24,25,27). The van der Waals surface area contributed by atoms with Crippen molar-refractivity contribution in [2.75, 3.05) is 16.8 Å². The van der Waals surface area contributed by atoms with Crippen LogP contribution >= 0.6 is 0 Å². The summed E-state index contributed by atoms with van der Waals surface area (Å²) >= 11 is 0. The predicted molar refractivity (Wildman–Crippen MR) is 108 cm³/mol. The number of hydrogen-bond acceptors (Lipinski definition) is 5. The van der Waals surface area contributed by atoms with Crippen molar-refractivity contribution in [2.24, 2.45) is 0 Å². The minimum atomic E-state index is -0.588. The number of nitrogens with one attached hydrogen (secondary N) is 2. The van der Waals surface area contributed by atoms with Gasteiger partial charge in [-0.3, -0.25) is 19.3 Å². The largest absolute Gasteiger partial charge is 0.360 e. The summed E-state index contributed by atoms with van der Waals surface area (Å²) in [6.07, 6.45) is 6.05. The minimum absolute atomic E-state index is 0.106. The van der Waals surface area contributed by atoms with Crippen LogP contribution < -0.4 is 15.5 Å². The number of carbonyl (C=O) groups excluding carboxylic acids is 3. The molecule has 0 saturated heterocycles. The van der Waals surface area contributed by atoms with Crippen LogP contribution in [0.25, 0.3) is 0 Å². The third kappa shape index (κ3) is 6.00. The molecule has 1 aromatic heterocycles. The Morgan fingerprint density at radius 2 is 1.90 bits per heavy atom. The number of aryl methyl sites for hydroxylation is 1. The number of hydrogen-bond donors (Lipinski definition) is 2.